The van der Waals surface area contributed by atoms with Gasteiger partial charge < -0.3 is 16.0 Å². The summed E-state index contributed by atoms with van der Waals surface area (Å²) in [6, 6.07) is 1.89. The Morgan fingerprint density at radius 3 is 3.19 bits per heavy atom. The molecule has 0 aromatic carbocycles. The molecule has 0 bridgehead atoms. The van der Waals surface area contributed by atoms with Crippen molar-refractivity contribution >= 4 is 22.6 Å². The van der Waals surface area contributed by atoms with Crippen molar-refractivity contribution in [3.63, 3.8) is 0 Å². The van der Waals surface area contributed by atoms with E-state index in [9.17, 15) is 4.79 Å². The van der Waals surface area contributed by atoms with E-state index in [1.807, 2.05) is 12.3 Å². The highest BCUT2D eigenvalue weighted by atomic mass is 16.1. The zero-order valence-electron chi connectivity index (χ0n) is 9.08. The Bertz CT molecular complexity index is 518. The summed E-state index contributed by atoms with van der Waals surface area (Å²) in [5.74, 6) is -0.0162. The van der Waals surface area contributed by atoms with E-state index in [0.717, 1.165) is 23.0 Å². The van der Waals surface area contributed by atoms with Crippen molar-refractivity contribution < 1.29 is 4.79 Å². The van der Waals surface area contributed by atoms with Crippen molar-refractivity contribution in [2.75, 3.05) is 12.3 Å². The SMILES string of the molecule is CC(=O)NCCc1c[nH]c2ncc(N)cc12. The van der Waals surface area contributed by atoms with Crippen LogP contribution in [0.3, 0.4) is 0 Å². The van der Waals surface area contributed by atoms with Gasteiger partial charge in [-0.1, -0.05) is 0 Å². The van der Waals surface area contributed by atoms with Crippen molar-refractivity contribution in [2.45, 2.75) is 13.3 Å². The summed E-state index contributed by atoms with van der Waals surface area (Å²) < 4.78 is 0. The lowest BCUT2D eigenvalue weighted by molar-refractivity contribution is -0.118. The highest BCUT2D eigenvalue weighted by Gasteiger charge is 2.04. The van der Waals surface area contributed by atoms with Gasteiger partial charge in [-0.2, -0.15) is 0 Å². The molecule has 0 aliphatic carbocycles. The number of hydrogen-bond donors (Lipinski definition) is 3. The summed E-state index contributed by atoms with van der Waals surface area (Å²) in [6.07, 6.45) is 4.29. The molecule has 0 aliphatic heterocycles. The van der Waals surface area contributed by atoms with E-state index in [4.69, 9.17) is 5.73 Å². The third-order valence-corrected chi connectivity index (χ3v) is 2.41. The van der Waals surface area contributed by atoms with E-state index in [0.29, 0.717) is 12.2 Å². The molecule has 5 heteroatoms. The lowest BCUT2D eigenvalue weighted by atomic mass is 10.1. The number of carbonyl (C=O) groups excluding carboxylic acids is 1. The Balaban J connectivity index is 2.17. The van der Waals surface area contributed by atoms with E-state index in [2.05, 4.69) is 15.3 Å². The van der Waals surface area contributed by atoms with Crippen LogP contribution in [-0.4, -0.2) is 22.4 Å². The quantitative estimate of drug-likeness (QED) is 0.713. The number of fused-ring (bicyclic) bond motifs is 1. The van der Waals surface area contributed by atoms with Crippen LogP contribution in [-0.2, 0) is 11.2 Å². The van der Waals surface area contributed by atoms with E-state index in [1.54, 1.807) is 6.20 Å². The number of hydrogen-bond acceptors (Lipinski definition) is 3. The number of nitrogens with one attached hydrogen (secondary N) is 2. The van der Waals surface area contributed by atoms with E-state index in [-0.39, 0.29) is 5.91 Å². The molecule has 84 valence electrons. The molecule has 2 aromatic heterocycles. The van der Waals surface area contributed by atoms with Crippen LogP contribution in [0.1, 0.15) is 12.5 Å². The minimum Gasteiger partial charge on any atom is -0.397 e. The van der Waals surface area contributed by atoms with Gasteiger partial charge in [0, 0.05) is 25.1 Å². The first kappa shape index (κ1) is 10.5. The Morgan fingerprint density at radius 1 is 1.62 bits per heavy atom. The largest absolute Gasteiger partial charge is 0.397 e. The molecule has 16 heavy (non-hydrogen) atoms. The Kier molecular flexibility index (Phi) is 2.76. The first-order chi connectivity index (χ1) is 7.66. The maximum Gasteiger partial charge on any atom is 0.216 e. The number of amides is 1. The van der Waals surface area contributed by atoms with Crippen LogP contribution in [0.4, 0.5) is 5.69 Å². The Labute approximate surface area is 93.1 Å². The fourth-order valence-corrected chi connectivity index (χ4v) is 1.65. The number of anilines is 1. The topological polar surface area (TPSA) is 83.8 Å². The molecule has 4 N–H and O–H groups in total. The minimum atomic E-state index is -0.0162. The number of nitrogen functional groups attached to an aromatic ring is 1. The Morgan fingerprint density at radius 2 is 2.44 bits per heavy atom. The fraction of sp³-hybridized carbons (Fsp3) is 0.273. The van der Waals surface area contributed by atoms with Gasteiger partial charge in [-0.3, -0.25) is 4.79 Å². The number of aromatic amines is 1. The number of carbonyl (C=O) groups is 1. The van der Waals surface area contributed by atoms with E-state index >= 15 is 0 Å². The van der Waals surface area contributed by atoms with Gasteiger partial charge in [-0.15, -0.1) is 0 Å². The zero-order chi connectivity index (χ0) is 11.5. The smallest absolute Gasteiger partial charge is 0.216 e. The summed E-state index contributed by atoms with van der Waals surface area (Å²) in [5.41, 5.74) is 8.27. The maximum atomic E-state index is 10.7. The lowest BCUT2D eigenvalue weighted by Gasteiger charge is -2.01. The van der Waals surface area contributed by atoms with Gasteiger partial charge in [-0.05, 0) is 18.1 Å². The van der Waals surface area contributed by atoms with Gasteiger partial charge in [0.25, 0.3) is 0 Å². The molecule has 0 spiro atoms. The molecule has 0 saturated heterocycles. The number of H-pyrrole nitrogens is 1. The van der Waals surface area contributed by atoms with Gasteiger partial charge in [0.1, 0.15) is 5.65 Å². The molecule has 0 aliphatic rings. The highest BCUT2D eigenvalue weighted by molar-refractivity contribution is 5.82. The van der Waals surface area contributed by atoms with Crippen LogP contribution >= 0.6 is 0 Å². The summed E-state index contributed by atoms with van der Waals surface area (Å²) in [5, 5.41) is 3.78. The minimum absolute atomic E-state index is 0.0162. The molecule has 0 radical (unpaired) electrons. The summed E-state index contributed by atoms with van der Waals surface area (Å²) in [7, 11) is 0. The first-order valence-corrected chi connectivity index (χ1v) is 5.13. The average Bonchev–Trinajstić information content (AvgIpc) is 2.60. The normalized spacial score (nSPS) is 10.6. The second kappa shape index (κ2) is 4.22. The van der Waals surface area contributed by atoms with Gasteiger partial charge in [0.15, 0.2) is 0 Å². The van der Waals surface area contributed by atoms with Crippen LogP contribution in [0, 0.1) is 0 Å². The standard InChI is InChI=1S/C11H14N4O/c1-7(16)13-3-2-8-5-14-11-10(8)4-9(12)6-15-11/h4-6H,2-3,12H2,1H3,(H,13,16)(H,14,15). The lowest BCUT2D eigenvalue weighted by Crippen LogP contribution is -2.22. The maximum absolute atomic E-state index is 10.7. The first-order valence-electron chi connectivity index (χ1n) is 5.13. The molecule has 0 unspecified atom stereocenters. The average molecular weight is 218 g/mol. The van der Waals surface area contributed by atoms with Crippen LogP contribution in [0.15, 0.2) is 18.5 Å². The van der Waals surface area contributed by atoms with Gasteiger partial charge in [0.2, 0.25) is 5.91 Å². The fourth-order valence-electron chi connectivity index (χ4n) is 1.65. The molecule has 2 rings (SSSR count). The number of nitrogens with two attached hydrogens (primary N) is 1. The van der Waals surface area contributed by atoms with Gasteiger partial charge >= 0.3 is 0 Å². The number of rotatable bonds is 3. The number of nitrogens with zero attached hydrogens (tertiary/aromatic N) is 1. The predicted octanol–water partition coefficient (Wildman–Crippen LogP) is 0.824. The zero-order valence-corrected chi connectivity index (χ0v) is 9.08. The summed E-state index contributed by atoms with van der Waals surface area (Å²) in [4.78, 5) is 18.0. The molecule has 0 saturated carbocycles. The van der Waals surface area contributed by atoms with Crippen LogP contribution in [0.2, 0.25) is 0 Å². The van der Waals surface area contributed by atoms with Gasteiger partial charge in [-0.25, -0.2) is 4.98 Å². The third-order valence-electron chi connectivity index (χ3n) is 2.41. The third kappa shape index (κ3) is 2.13. The predicted molar refractivity (Wildman–Crippen MR) is 62.9 cm³/mol. The van der Waals surface area contributed by atoms with Crippen LogP contribution in [0.5, 0.6) is 0 Å². The van der Waals surface area contributed by atoms with Crippen molar-refractivity contribution in [1.29, 1.82) is 0 Å². The second-order valence-electron chi connectivity index (χ2n) is 3.71. The molecular formula is C11H14N4O. The number of aromatic nitrogens is 2. The van der Waals surface area contributed by atoms with Crippen molar-refractivity contribution in [3.05, 3.63) is 24.0 Å². The van der Waals surface area contributed by atoms with Crippen molar-refractivity contribution in [3.8, 4) is 0 Å². The van der Waals surface area contributed by atoms with Crippen molar-refractivity contribution in [1.82, 2.24) is 15.3 Å². The molecule has 5 nitrogen and oxygen atoms in total. The molecular weight excluding hydrogens is 204 g/mol. The Hall–Kier alpha value is -2.04. The second-order valence-corrected chi connectivity index (χ2v) is 3.71. The molecule has 2 aromatic rings. The van der Waals surface area contributed by atoms with Gasteiger partial charge in [0.05, 0.1) is 11.9 Å². The van der Waals surface area contributed by atoms with E-state index < -0.39 is 0 Å². The molecule has 0 atom stereocenters. The van der Waals surface area contributed by atoms with E-state index in [1.165, 1.54) is 6.92 Å². The summed E-state index contributed by atoms with van der Waals surface area (Å²) >= 11 is 0. The highest BCUT2D eigenvalue weighted by Crippen LogP contribution is 2.18. The van der Waals surface area contributed by atoms with Crippen LogP contribution < -0.4 is 11.1 Å². The molecule has 0 fully saturated rings. The van der Waals surface area contributed by atoms with Crippen molar-refractivity contribution in [2.24, 2.45) is 0 Å². The molecule has 2 heterocycles. The monoisotopic (exact) mass is 218 g/mol. The van der Waals surface area contributed by atoms with Crippen LogP contribution in [0.25, 0.3) is 11.0 Å². The summed E-state index contributed by atoms with van der Waals surface area (Å²) in [6.45, 7) is 2.13. The molecule has 1 amide bonds. The number of pyridine rings is 1.